The van der Waals surface area contributed by atoms with Crippen LogP contribution in [0.4, 0.5) is 4.39 Å². The van der Waals surface area contributed by atoms with Crippen molar-refractivity contribution in [2.45, 2.75) is 24.8 Å². The Bertz CT molecular complexity index is 839. The maximum atomic E-state index is 13.9. The molecule has 1 aromatic heterocycles. The molecule has 148 valence electrons. The van der Waals surface area contributed by atoms with Crippen LogP contribution < -0.4 is 15.6 Å². The van der Waals surface area contributed by atoms with Crippen LogP contribution in [0.1, 0.15) is 34.7 Å². The van der Waals surface area contributed by atoms with E-state index in [1.807, 2.05) is 12.1 Å². The number of likely N-dealkylation sites (tertiary alicyclic amines) is 1. The molecule has 2 N–H and O–H groups in total. The second-order valence-corrected chi connectivity index (χ2v) is 7.42. The number of hydrazine groups is 1. The number of carbonyl (C=O) groups excluding carboxylic acids is 1. The number of pyridine rings is 1. The fourth-order valence-electron chi connectivity index (χ4n) is 4.34. The van der Waals surface area contributed by atoms with Crippen molar-refractivity contribution in [3.05, 3.63) is 59.7 Å². The van der Waals surface area contributed by atoms with E-state index in [2.05, 4.69) is 28.0 Å². The van der Waals surface area contributed by atoms with Crippen molar-refractivity contribution in [2.75, 3.05) is 26.7 Å². The minimum Gasteiger partial charge on any atom is -0.497 e. The Kier molecular flexibility index (Phi) is 5.54. The summed E-state index contributed by atoms with van der Waals surface area (Å²) in [5, 5.41) is 0. The third kappa shape index (κ3) is 3.72. The van der Waals surface area contributed by atoms with Crippen molar-refractivity contribution in [3.8, 4) is 5.75 Å². The number of hydrogen-bond donors (Lipinski definition) is 2. The van der Waals surface area contributed by atoms with Crippen molar-refractivity contribution in [1.82, 2.24) is 20.7 Å². The Morgan fingerprint density at radius 2 is 2.11 bits per heavy atom. The molecule has 0 saturated carbocycles. The van der Waals surface area contributed by atoms with E-state index in [0.717, 1.165) is 31.3 Å². The maximum Gasteiger partial charge on any atom is 0.256 e. The molecule has 0 bridgehead atoms. The van der Waals surface area contributed by atoms with Gasteiger partial charge < -0.3 is 9.64 Å². The van der Waals surface area contributed by atoms with Gasteiger partial charge in [0.05, 0.1) is 18.9 Å². The molecule has 4 rings (SSSR count). The number of methoxy groups -OCH3 is 1. The van der Waals surface area contributed by atoms with Gasteiger partial charge in [-0.15, -0.1) is 0 Å². The number of benzene rings is 1. The van der Waals surface area contributed by atoms with Gasteiger partial charge in [0, 0.05) is 37.8 Å². The number of ether oxygens (including phenoxy) is 1. The molecule has 2 aromatic rings. The van der Waals surface area contributed by atoms with E-state index in [1.54, 1.807) is 12.0 Å². The van der Waals surface area contributed by atoms with Gasteiger partial charge in [-0.1, -0.05) is 12.1 Å². The van der Waals surface area contributed by atoms with E-state index in [4.69, 9.17) is 4.74 Å². The average Bonchev–Trinajstić information content (AvgIpc) is 3.24. The Balaban J connectivity index is 1.41. The molecule has 2 unspecified atom stereocenters. The number of nitrogens with one attached hydrogen (secondary N) is 2. The van der Waals surface area contributed by atoms with E-state index < -0.39 is 5.82 Å². The van der Waals surface area contributed by atoms with Gasteiger partial charge in [0.25, 0.3) is 5.91 Å². The molecule has 2 aliphatic rings. The SMILES string of the molecule is COc1cccc(C2CNNC2C2CCN(C(=O)c3ccncc3F)CC2)c1. The lowest BCUT2D eigenvalue weighted by Gasteiger charge is -2.36. The fraction of sp³-hybridized carbons (Fsp3) is 0.429. The number of nitrogens with zero attached hydrogens (tertiary/aromatic N) is 2. The van der Waals surface area contributed by atoms with Gasteiger partial charge >= 0.3 is 0 Å². The van der Waals surface area contributed by atoms with Crippen LogP contribution in [0.2, 0.25) is 0 Å². The summed E-state index contributed by atoms with van der Waals surface area (Å²) in [6.45, 7) is 2.13. The quantitative estimate of drug-likeness (QED) is 0.847. The van der Waals surface area contributed by atoms with Crippen LogP contribution in [0.5, 0.6) is 5.75 Å². The number of hydrogen-bond acceptors (Lipinski definition) is 5. The van der Waals surface area contributed by atoms with Crippen molar-refractivity contribution in [1.29, 1.82) is 0 Å². The fourth-order valence-corrected chi connectivity index (χ4v) is 4.34. The van der Waals surface area contributed by atoms with Gasteiger partial charge in [-0.3, -0.25) is 20.6 Å². The molecule has 2 fully saturated rings. The summed E-state index contributed by atoms with van der Waals surface area (Å²) < 4.78 is 19.2. The molecule has 3 heterocycles. The molecule has 1 aromatic carbocycles. The van der Waals surface area contributed by atoms with Gasteiger partial charge in [-0.2, -0.15) is 0 Å². The van der Waals surface area contributed by atoms with Crippen LogP contribution in [-0.2, 0) is 0 Å². The van der Waals surface area contributed by atoms with Crippen molar-refractivity contribution in [3.63, 3.8) is 0 Å². The number of carbonyl (C=O) groups is 1. The number of halogens is 1. The zero-order valence-electron chi connectivity index (χ0n) is 15.9. The summed E-state index contributed by atoms with van der Waals surface area (Å²) in [5.74, 6) is 0.843. The highest BCUT2D eigenvalue weighted by Gasteiger charge is 2.37. The third-order valence-electron chi connectivity index (χ3n) is 5.88. The third-order valence-corrected chi connectivity index (χ3v) is 5.88. The van der Waals surface area contributed by atoms with Crippen LogP contribution in [0.25, 0.3) is 0 Å². The Hall–Kier alpha value is -2.51. The zero-order chi connectivity index (χ0) is 19.5. The number of rotatable bonds is 4. The zero-order valence-corrected chi connectivity index (χ0v) is 15.9. The summed E-state index contributed by atoms with van der Waals surface area (Å²) in [6.07, 6.45) is 4.32. The van der Waals surface area contributed by atoms with E-state index in [1.165, 1.54) is 17.8 Å². The second-order valence-electron chi connectivity index (χ2n) is 7.42. The number of amides is 1. The Morgan fingerprint density at radius 3 is 2.86 bits per heavy atom. The lowest BCUT2D eigenvalue weighted by Crippen LogP contribution is -2.46. The van der Waals surface area contributed by atoms with Crippen LogP contribution in [-0.4, -0.2) is 48.6 Å². The molecule has 2 atom stereocenters. The molecule has 28 heavy (non-hydrogen) atoms. The van der Waals surface area contributed by atoms with Gasteiger partial charge in [0.2, 0.25) is 0 Å². The van der Waals surface area contributed by atoms with E-state index in [0.29, 0.717) is 31.0 Å². The Morgan fingerprint density at radius 1 is 1.29 bits per heavy atom. The van der Waals surface area contributed by atoms with Crippen molar-refractivity contribution in [2.24, 2.45) is 5.92 Å². The summed E-state index contributed by atoms with van der Waals surface area (Å²) in [4.78, 5) is 18.1. The molecular weight excluding hydrogens is 359 g/mol. The molecular formula is C21H25FN4O2. The smallest absolute Gasteiger partial charge is 0.256 e. The van der Waals surface area contributed by atoms with E-state index in [9.17, 15) is 9.18 Å². The minimum absolute atomic E-state index is 0.100. The molecule has 2 saturated heterocycles. The number of aromatic nitrogens is 1. The van der Waals surface area contributed by atoms with Gasteiger partial charge in [0.1, 0.15) is 5.75 Å². The van der Waals surface area contributed by atoms with E-state index in [-0.39, 0.29) is 11.5 Å². The lowest BCUT2D eigenvalue weighted by molar-refractivity contribution is 0.0665. The second kappa shape index (κ2) is 8.24. The summed E-state index contributed by atoms with van der Waals surface area (Å²) >= 11 is 0. The van der Waals surface area contributed by atoms with Crippen LogP contribution in [0, 0.1) is 11.7 Å². The number of piperidine rings is 1. The standard InChI is InChI=1S/C21H25FN4O2/c1-28-16-4-2-3-15(11-16)18-12-24-25-20(18)14-6-9-26(10-7-14)21(27)17-5-8-23-13-19(17)22/h2-5,8,11,13-14,18,20,24-25H,6-7,9-10,12H2,1H3. The van der Waals surface area contributed by atoms with Gasteiger partial charge in [-0.25, -0.2) is 4.39 Å². The van der Waals surface area contributed by atoms with Crippen LogP contribution in [0.15, 0.2) is 42.7 Å². The summed E-state index contributed by atoms with van der Waals surface area (Å²) in [5.41, 5.74) is 8.08. The van der Waals surface area contributed by atoms with Crippen molar-refractivity contribution >= 4 is 5.91 Å². The normalized spacial score (nSPS) is 23.0. The van der Waals surface area contributed by atoms with Gasteiger partial charge in [-0.05, 0) is 42.5 Å². The first-order valence-electron chi connectivity index (χ1n) is 9.68. The van der Waals surface area contributed by atoms with Crippen LogP contribution >= 0.6 is 0 Å². The predicted molar refractivity (Wildman–Crippen MR) is 103 cm³/mol. The van der Waals surface area contributed by atoms with Gasteiger partial charge in [0.15, 0.2) is 5.82 Å². The topological polar surface area (TPSA) is 66.5 Å². The largest absolute Gasteiger partial charge is 0.497 e. The highest BCUT2D eigenvalue weighted by molar-refractivity contribution is 5.94. The molecule has 1 amide bonds. The predicted octanol–water partition coefficient (Wildman–Crippen LogP) is 2.34. The lowest BCUT2D eigenvalue weighted by atomic mass is 9.80. The first-order chi connectivity index (χ1) is 13.7. The first-order valence-corrected chi connectivity index (χ1v) is 9.68. The van der Waals surface area contributed by atoms with Crippen molar-refractivity contribution < 1.29 is 13.9 Å². The van der Waals surface area contributed by atoms with Crippen LogP contribution in [0.3, 0.4) is 0 Å². The Labute approximate surface area is 164 Å². The molecule has 2 aliphatic heterocycles. The average molecular weight is 384 g/mol. The highest BCUT2D eigenvalue weighted by Crippen LogP contribution is 2.33. The first kappa shape index (κ1) is 18.8. The minimum atomic E-state index is -0.561. The molecule has 0 radical (unpaired) electrons. The molecule has 0 spiro atoms. The maximum absolute atomic E-state index is 13.9. The summed E-state index contributed by atoms with van der Waals surface area (Å²) in [7, 11) is 1.68. The van der Waals surface area contributed by atoms with E-state index >= 15 is 0 Å². The monoisotopic (exact) mass is 384 g/mol. The summed E-state index contributed by atoms with van der Waals surface area (Å²) in [6, 6.07) is 9.95. The highest BCUT2D eigenvalue weighted by atomic mass is 19.1. The molecule has 6 nitrogen and oxygen atoms in total. The molecule has 0 aliphatic carbocycles. The molecule has 7 heteroatoms.